The lowest BCUT2D eigenvalue weighted by atomic mass is 9.91. The average Bonchev–Trinajstić information content (AvgIpc) is 2.94. The number of hydrogen-bond donors (Lipinski definition) is 1. The van der Waals surface area contributed by atoms with Crippen molar-refractivity contribution in [3.8, 4) is 5.75 Å². The number of methoxy groups -OCH3 is 1. The van der Waals surface area contributed by atoms with Gasteiger partial charge < -0.3 is 15.0 Å². The molecule has 2 saturated heterocycles. The largest absolute Gasteiger partial charge is 0.496 e. The van der Waals surface area contributed by atoms with Crippen LogP contribution in [0.5, 0.6) is 5.75 Å². The lowest BCUT2D eigenvalue weighted by Crippen LogP contribution is -2.48. The third kappa shape index (κ3) is 2.44. The van der Waals surface area contributed by atoms with Gasteiger partial charge in [-0.15, -0.1) is 0 Å². The molecule has 0 spiro atoms. The number of amides is 1. The molecule has 2 fully saturated rings. The molecule has 20 heavy (non-hydrogen) atoms. The van der Waals surface area contributed by atoms with Crippen molar-refractivity contribution in [3.63, 3.8) is 0 Å². The first-order valence-corrected chi connectivity index (χ1v) is 7.85. The number of hydrogen-bond acceptors (Lipinski definition) is 3. The first-order valence-electron chi connectivity index (χ1n) is 7.06. The lowest BCUT2D eigenvalue weighted by Gasteiger charge is -2.37. The van der Waals surface area contributed by atoms with Crippen molar-refractivity contribution in [1.82, 2.24) is 10.2 Å². The van der Waals surface area contributed by atoms with E-state index in [1.807, 2.05) is 23.1 Å². The first-order chi connectivity index (χ1) is 9.70. The van der Waals surface area contributed by atoms with Gasteiger partial charge in [-0.3, -0.25) is 4.79 Å². The van der Waals surface area contributed by atoms with Crippen molar-refractivity contribution in [3.05, 3.63) is 28.2 Å². The van der Waals surface area contributed by atoms with Crippen LogP contribution in [0.4, 0.5) is 0 Å². The Kier molecular flexibility index (Phi) is 3.98. The van der Waals surface area contributed by atoms with E-state index >= 15 is 0 Å². The molecule has 1 N–H and O–H groups in total. The summed E-state index contributed by atoms with van der Waals surface area (Å²) in [4.78, 5) is 14.8. The minimum Gasteiger partial charge on any atom is -0.496 e. The van der Waals surface area contributed by atoms with Gasteiger partial charge in [0, 0.05) is 31.2 Å². The molecule has 2 heterocycles. The molecule has 5 heteroatoms. The molecule has 0 radical (unpaired) electrons. The van der Waals surface area contributed by atoms with Crippen LogP contribution < -0.4 is 10.1 Å². The van der Waals surface area contributed by atoms with Gasteiger partial charge in [-0.2, -0.15) is 0 Å². The average molecular weight is 339 g/mol. The van der Waals surface area contributed by atoms with E-state index in [1.165, 1.54) is 6.42 Å². The van der Waals surface area contributed by atoms with Gasteiger partial charge in [0.15, 0.2) is 0 Å². The Hall–Kier alpha value is -1.07. The predicted molar refractivity (Wildman–Crippen MR) is 81.1 cm³/mol. The Morgan fingerprint density at radius 3 is 3.05 bits per heavy atom. The van der Waals surface area contributed by atoms with Crippen LogP contribution in [-0.4, -0.2) is 43.6 Å². The van der Waals surface area contributed by atoms with E-state index in [0.717, 1.165) is 41.8 Å². The van der Waals surface area contributed by atoms with Gasteiger partial charge in [0.05, 0.1) is 11.6 Å². The summed E-state index contributed by atoms with van der Waals surface area (Å²) in [6, 6.07) is 5.90. The third-order valence-electron chi connectivity index (χ3n) is 4.34. The molecular weight excluding hydrogens is 320 g/mol. The maximum atomic E-state index is 12.7. The van der Waals surface area contributed by atoms with Gasteiger partial charge in [-0.25, -0.2) is 0 Å². The van der Waals surface area contributed by atoms with Crippen LogP contribution in [0.1, 0.15) is 23.2 Å². The van der Waals surface area contributed by atoms with E-state index < -0.39 is 0 Å². The fourth-order valence-electron chi connectivity index (χ4n) is 3.29. The van der Waals surface area contributed by atoms with Crippen LogP contribution in [0, 0.1) is 5.92 Å². The number of nitrogens with one attached hydrogen (secondary N) is 1. The molecule has 2 aliphatic heterocycles. The summed E-state index contributed by atoms with van der Waals surface area (Å²) in [5.41, 5.74) is 0.727. The molecule has 3 rings (SSSR count). The highest BCUT2D eigenvalue weighted by Crippen LogP contribution is 2.30. The number of nitrogens with zero attached hydrogens (tertiary/aromatic N) is 1. The van der Waals surface area contributed by atoms with Gasteiger partial charge in [-0.05, 0) is 52.9 Å². The monoisotopic (exact) mass is 338 g/mol. The molecule has 0 saturated carbocycles. The van der Waals surface area contributed by atoms with E-state index in [0.29, 0.717) is 12.0 Å². The van der Waals surface area contributed by atoms with Crippen LogP contribution in [0.2, 0.25) is 0 Å². The van der Waals surface area contributed by atoms with Crippen molar-refractivity contribution in [1.29, 1.82) is 0 Å². The fraction of sp³-hybridized carbons (Fsp3) is 0.533. The highest BCUT2D eigenvalue weighted by Gasteiger charge is 2.37. The maximum Gasteiger partial charge on any atom is 0.254 e. The van der Waals surface area contributed by atoms with Crippen molar-refractivity contribution >= 4 is 21.8 Å². The summed E-state index contributed by atoms with van der Waals surface area (Å²) < 4.78 is 6.04. The zero-order valence-electron chi connectivity index (χ0n) is 11.6. The topological polar surface area (TPSA) is 41.6 Å². The molecule has 1 aromatic carbocycles. The van der Waals surface area contributed by atoms with Crippen LogP contribution >= 0.6 is 15.9 Å². The van der Waals surface area contributed by atoms with Gasteiger partial charge in [0.1, 0.15) is 5.75 Å². The molecule has 108 valence electrons. The van der Waals surface area contributed by atoms with Crippen LogP contribution in [0.25, 0.3) is 0 Å². The Morgan fingerprint density at radius 2 is 2.30 bits per heavy atom. The highest BCUT2D eigenvalue weighted by atomic mass is 79.9. The Labute approximate surface area is 127 Å². The van der Waals surface area contributed by atoms with Gasteiger partial charge >= 0.3 is 0 Å². The Morgan fingerprint density at radius 1 is 1.45 bits per heavy atom. The molecule has 1 aromatic rings. The van der Waals surface area contributed by atoms with E-state index in [1.54, 1.807) is 7.11 Å². The van der Waals surface area contributed by atoms with E-state index in [2.05, 4.69) is 21.2 Å². The SMILES string of the molecule is COc1ccc(C(=O)N2CCCC3CNCC32)cc1Br. The number of carbonyl (C=O) groups excluding carboxylic acids is 1. The number of benzene rings is 1. The molecular formula is C15H19BrN2O2. The van der Waals surface area contributed by atoms with Crippen LogP contribution in [0.15, 0.2) is 22.7 Å². The molecule has 4 nitrogen and oxygen atoms in total. The predicted octanol–water partition coefficient (Wildman–Crippen LogP) is 2.28. The fourth-order valence-corrected chi connectivity index (χ4v) is 3.83. The summed E-state index contributed by atoms with van der Waals surface area (Å²) in [5.74, 6) is 1.50. The van der Waals surface area contributed by atoms with Gasteiger partial charge in [0.25, 0.3) is 5.91 Å². The molecule has 0 aliphatic carbocycles. The summed E-state index contributed by atoms with van der Waals surface area (Å²) in [6.07, 6.45) is 2.33. The quantitative estimate of drug-likeness (QED) is 0.899. The Bertz CT molecular complexity index is 521. The zero-order valence-corrected chi connectivity index (χ0v) is 13.1. The number of piperidine rings is 1. The first kappa shape index (κ1) is 13.9. The van der Waals surface area contributed by atoms with Crippen molar-refractivity contribution in [2.45, 2.75) is 18.9 Å². The number of halogens is 1. The van der Waals surface area contributed by atoms with E-state index in [4.69, 9.17) is 4.74 Å². The molecule has 0 bridgehead atoms. The van der Waals surface area contributed by atoms with Crippen molar-refractivity contribution in [2.24, 2.45) is 5.92 Å². The number of carbonyl (C=O) groups is 1. The second kappa shape index (κ2) is 5.74. The van der Waals surface area contributed by atoms with Crippen molar-refractivity contribution < 1.29 is 9.53 Å². The molecule has 1 amide bonds. The zero-order chi connectivity index (χ0) is 14.1. The third-order valence-corrected chi connectivity index (χ3v) is 4.96. The molecule has 2 atom stereocenters. The molecule has 2 unspecified atom stereocenters. The number of likely N-dealkylation sites (tertiary alicyclic amines) is 1. The molecule has 0 aromatic heterocycles. The number of ether oxygens (including phenoxy) is 1. The highest BCUT2D eigenvalue weighted by molar-refractivity contribution is 9.10. The second-order valence-corrected chi connectivity index (χ2v) is 6.33. The maximum absolute atomic E-state index is 12.7. The Balaban J connectivity index is 1.82. The summed E-state index contributed by atoms with van der Waals surface area (Å²) >= 11 is 3.45. The van der Waals surface area contributed by atoms with Crippen LogP contribution in [-0.2, 0) is 0 Å². The molecule has 2 aliphatic rings. The van der Waals surface area contributed by atoms with Crippen LogP contribution in [0.3, 0.4) is 0 Å². The second-order valence-electron chi connectivity index (χ2n) is 5.48. The summed E-state index contributed by atoms with van der Waals surface area (Å²) in [5, 5.41) is 3.41. The standard InChI is InChI=1S/C15H19BrN2O2/c1-20-14-5-4-10(7-12(14)16)15(19)18-6-2-3-11-8-17-9-13(11)18/h4-5,7,11,13,17H,2-3,6,8-9H2,1H3. The van der Waals surface area contributed by atoms with Gasteiger partial charge in [0.2, 0.25) is 0 Å². The summed E-state index contributed by atoms with van der Waals surface area (Å²) in [7, 11) is 1.63. The minimum atomic E-state index is 0.131. The smallest absolute Gasteiger partial charge is 0.254 e. The van der Waals surface area contributed by atoms with Gasteiger partial charge in [-0.1, -0.05) is 0 Å². The van der Waals surface area contributed by atoms with Crippen molar-refractivity contribution in [2.75, 3.05) is 26.7 Å². The lowest BCUT2D eigenvalue weighted by molar-refractivity contribution is 0.0574. The number of fused-ring (bicyclic) bond motifs is 1. The van der Waals surface area contributed by atoms with E-state index in [-0.39, 0.29) is 5.91 Å². The summed E-state index contributed by atoms with van der Waals surface area (Å²) in [6.45, 7) is 2.83. The number of rotatable bonds is 2. The van der Waals surface area contributed by atoms with E-state index in [9.17, 15) is 4.79 Å². The minimum absolute atomic E-state index is 0.131. The normalized spacial score (nSPS) is 25.4.